The lowest BCUT2D eigenvalue weighted by Crippen LogP contribution is -2.26. The van der Waals surface area contributed by atoms with E-state index in [1.807, 2.05) is 34.9 Å². The number of nitrogens with one attached hydrogen (secondary N) is 1. The second-order valence-corrected chi connectivity index (χ2v) is 6.92. The van der Waals surface area contributed by atoms with Crippen LogP contribution in [-0.2, 0) is 4.79 Å². The number of aromatic nitrogens is 3. The third-order valence-electron chi connectivity index (χ3n) is 3.94. The van der Waals surface area contributed by atoms with Crippen LogP contribution in [0.25, 0.3) is 17.1 Å². The molecule has 27 heavy (non-hydrogen) atoms. The maximum Gasteiger partial charge on any atom is 0.230 e. The first-order valence-corrected chi connectivity index (χ1v) is 9.84. The second-order valence-electron chi connectivity index (χ2n) is 5.98. The maximum atomic E-state index is 13.4. The number of nitrogens with zero attached hydrogens (tertiary/aromatic N) is 3. The first-order valence-electron chi connectivity index (χ1n) is 8.85. The Labute approximate surface area is 162 Å². The van der Waals surface area contributed by atoms with Crippen LogP contribution in [0.3, 0.4) is 0 Å². The van der Waals surface area contributed by atoms with Crippen molar-refractivity contribution in [3.05, 3.63) is 60.4 Å². The number of benzene rings is 2. The predicted molar refractivity (Wildman–Crippen MR) is 105 cm³/mol. The van der Waals surface area contributed by atoms with Gasteiger partial charge in [0.05, 0.1) is 5.75 Å². The van der Waals surface area contributed by atoms with E-state index in [0.29, 0.717) is 17.5 Å². The van der Waals surface area contributed by atoms with Crippen molar-refractivity contribution in [2.24, 2.45) is 0 Å². The lowest BCUT2D eigenvalue weighted by Gasteiger charge is -2.10. The molecule has 0 spiro atoms. The van der Waals surface area contributed by atoms with Crippen molar-refractivity contribution in [3.8, 4) is 17.1 Å². The molecule has 0 saturated heterocycles. The lowest BCUT2D eigenvalue weighted by atomic mass is 10.2. The van der Waals surface area contributed by atoms with Crippen molar-refractivity contribution in [2.75, 3.05) is 12.3 Å². The Morgan fingerprint density at radius 2 is 1.85 bits per heavy atom. The smallest absolute Gasteiger partial charge is 0.230 e. The van der Waals surface area contributed by atoms with Gasteiger partial charge in [0.1, 0.15) is 5.82 Å². The van der Waals surface area contributed by atoms with Gasteiger partial charge < -0.3 is 5.32 Å². The van der Waals surface area contributed by atoms with E-state index in [2.05, 4.69) is 22.4 Å². The highest BCUT2D eigenvalue weighted by Crippen LogP contribution is 2.27. The van der Waals surface area contributed by atoms with Crippen LogP contribution < -0.4 is 5.32 Å². The van der Waals surface area contributed by atoms with Crippen molar-refractivity contribution in [3.63, 3.8) is 0 Å². The molecule has 140 valence electrons. The SMILES string of the molecule is CCCCNC(=O)CSc1nnc(-c2ccccc2)n1-c1ccc(F)cc1. The fraction of sp³-hybridized carbons (Fsp3) is 0.250. The van der Waals surface area contributed by atoms with Crippen LogP contribution in [-0.4, -0.2) is 33.0 Å². The highest BCUT2D eigenvalue weighted by molar-refractivity contribution is 7.99. The van der Waals surface area contributed by atoms with Gasteiger partial charge in [-0.25, -0.2) is 4.39 Å². The molecule has 3 rings (SSSR count). The van der Waals surface area contributed by atoms with Crippen LogP contribution in [0, 0.1) is 5.82 Å². The third kappa shape index (κ3) is 4.95. The van der Waals surface area contributed by atoms with Gasteiger partial charge >= 0.3 is 0 Å². The summed E-state index contributed by atoms with van der Waals surface area (Å²) in [5.74, 6) is 0.551. The number of hydrogen-bond acceptors (Lipinski definition) is 4. The number of amides is 1. The van der Waals surface area contributed by atoms with Crippen LogP contribution in [0.15, 0.2) is 59.8 Å². The first-order chi connectivity index (χ1) is 13.2. The van der Waals surface area contributed by atoms with E-state index in [4.69, 9.17) is 0 Å². The molecule has 0 bridgehead atoms. The Bertz CT molecular complexity index is 881. The summed E-state index contributed by atoms with van der Waals surface area (Å²) in [6.07, 6.45) is 1.99. The molecule has 2 aromatic carbocycles. The molecular weight excluding hydrogens is 363 g/mol. The lowest BCUT2D eigenvalue weighted by molar-refractivity contribution is -0.118. The average Bonchev–Trinajstić information content (AvgIpc) is 3.12. The largest absolute Gasteiger partial charge is 0.355 e. The van der Waals surface area contributed by atoms with Crippen molar-refractivity contribution in [1.82, 2.24) is 20.1 Å². The minimum atomic E-state index is -0.308. The van der Waals surface area contributed by atoms with E-state index < -0.39 is 0 Å². The Kier molecular flexibility index (Phi) is 6.59. The Balaban J connectivity index is 1.86. The summed E-state index contributed by atoms with van der Waals surface area (Å²) in [4.78, 5) is 12.0. The van der Waals surface area contributed by atoms with E-state index >= 15 is 0 Å². The molecule has 3 aromatic rings. The summed E-state index contributed by atoms with van der Waals surface area (Å²) in [7, 11) is 0. The van der Waals surface area contributed by atoms with Gasteiger partial charge in [-0.2, -0.15) is 0 Å². The molecule has 1 heterocycles. The molecule has 0 saturated carbocycles. The zero-order valence-electron chi connectivity index (χ0n) is 15.1. The molecule has 0 fully saturated rings. The molecule has 0 radical (unpaired) electrons. The summed E-state index contributed by atoms with van der Waals surface area (Å²) >= 11 is 1.31. The monoisotopic (exact) mass is 384 g/mol. The van der Waals surface area contributed by atoms with Gasteiger partial charge in [-0.1, -0.05) is 55.4 Å². The number of rotatable bonds is 8. The minimum absolute atomic E-state index is 0.0385. The first kappa shape index (κ1) is 19.1. The summed E-state index contributed by atoms with van der Waals surface area (Å²) in [5.41, 5.74) is 1.64. The van der Waals surface area contributed by atoms with E-state index in [0.717, 1.165) is 24.1 Å². The highest BCUT2D eigenvalue weighted by atomic mass is 32.2. The molecule has 1 amide bonds. The zero-order valence-corrected chi connectivity index (χ0v) is 15.9. The van der Waals surface area contributed by atoms with Crippen LogP contribution >= 0.6 is 11.8 Å². The van der Waals surface area contributed by atoms with Crippen LogP contribution in [0.2, 0.25) is 0 Å². The summed E-state index contributed by atoms with van der Waals surface area (Å²) in [6.45, 7) is 2.76. The molecule has 0 atom stereocenters. The summed E-state index contributed by atoms with van der Waals surface area (Å²) < 4.78 is 15.2. The number of unbranched alkanes of at least 4 members (excludes halogenated alkanes) is 1. The molecule has 7 heteroatoms. The predicted octanol–water partition coefficient (Wildman–Crippen LogP) is 4.08. The second kappa shape index (κ2) is 9.32. The van der Waals surface area contributed by atoms with Crippen molar-refractivity contribution < 1.29 is 9.18 Å². The van der Waals surface area contributed by atoms with Crippen molar-refractivity contribution in [1.29, 1.82) is 0 Å². The van der Waals surface area contributed by atoms with Crippen LogP contribution in [0.4, 0.5) is 4.39 Å². The van der Waals surface area contributed by atoms with Gasteiger partial charge in [0.2, 0.25) is 5.91 Å². The third-order valence-corrected chi connectivity index (χ3v) is 4.86. The molecule has 0 unspecified atom stereocenters. The number of halogens is 1. The normalized spacial score (nSPS) is 10.7. The Hall–Kier alpha value is -2.67. The number of carbonyl (C=O) groups is 1. The van der Waals surface area contributed by atoms with E-state index in [1.54, 1.807) is 12.1 Å². The number of hydrogen-bond donors (Lipinski definition) is 1. The topological polar surface area (TPSA) is 59.8 Å². The van der Waals surface area contributed by atoms with E-state index in [9.17, 15) is 9.18 Å². The fourth-order valence-corrected chi connectivity index (χ4v) is 3.33. The zero-order chi connectivity index (χ0) is 19.1. The van der Waals surface area contributed by atoms with Gasteiger partial charge in [0, 0.05) is 17.8 Å². The van der Waals surface area contributed by atoms with Crippen LogP contribution in [0.1, 0.15) is 19.8 Å². The van der Waals surface area contributed by atoms with E-state index in [-0.39, 0.29) is 17.5 Å². The minimum Gasteiger partial charge on any atom is -0.355 e. The van der Waals surface area contributed by atoms with Crippen molar-refractivity contribution >= 4 is 17.7 Å². The molecular formula is C20H21FN4OS. The van der Waals surface area contributed by atoms with Gasteiger partial charge in [0.15, 0.2) is 11.0 Å². The molecule has 5 nitrogen and oxygen atoms in total. The summed E-state index contributed by atoms with van der Waals surface area (Å²) in [6, 6.07) is 15.8. The van der Waals surface area contributed by atoms with Gasteiger partial charge in [-0.15, -0.1) is 10.2 Å². The molecule has 0 aliphatic carbocycles. The Morgan fingerprint density at radius 3 is 2.56 bits per heavy atom. The van der Waals surface area contributed by atoms with Crippen LogP contribution in [0.5, 0.6) is 0 Å². The maximum absolute atomic E-state index is 13.4. The van der Waals surface area contributed by atoms with Crippen molar-refractivity contribution in [2.45, 2.75) is 24.9 Å². The van der Waals surface area contributed by atoms with Gasteiger partial charge in [-0.3, -0.25) is 9.36 Å². The van der Waals surface area contributed by atoms with Gasteiger partial charge in [0.25, 0.3) is 0 Å². The highest BCUT2D eigenvalue weighted by Gasteiger charge is 2.17. The van der Waals surface area contributed by atoms with E-state index in [1.165, 1.54) is 23.9 Å². The number of carbonyl (C=O) groups excluding carboxylic acids is 1. The Morgan fingerprint density at radius 1 is 1.11 bits per heavy atom. The molecule has 0 aliphatic rings. The fourth-order valence-electron chi connectivity index (χ4n) is 2.55. The quantitative estimate of drug-likeness (QED) is 0.470. The molecule has 1 aromatic heterocycles. The molecule has 1 N–H and O–H groups in total. The molecule has 0 aliphatic heterocycles. The number of thioether (sulfide) groups is 1. The van der Waals surface area contributed by atoms with Gasteiger partial charge in [-0.05, 0) is 30.7 Å². The summed E-state index contributed by atoms with van der Waals surface area (Å²) in [5, 5.41) is 12.0. The average molecular weight is 384 g/mol. The standard InChI is InChI=1S/C20H21FN4OS/c1-2-3-13-22-18(26)14-27-20-24-23-19(15-7-5-4-6-8-15)25(20)17-11-9-16(21)10-12-17/h4-12H,2-3,13-14H2,1H3,(H,22,26).